The molecule has 1 rings (SSSR count). The van der Waals surface area contributed by atoms with E-state index in [1.54, 1.807) is 0 Å². The number of alkyl carbamates (subject to hydrolysis) is 2. The van der Waals surface area contributed by atoms with E-state index < -0.39 is 26.1 Å². The van der Waals surface area contributed by atoms with Crippen molar-refractivity contribution >= 4 is 20.5 Å². The maximum Gasteiger partial charge on any atom is 0.407 e. The number of hydrogen-bond donors (Lipinski definition) is 2. The highest BCUT2D eigenvalue weighted by Gasteiger charge is 2.37. The van der Waals surface area contributed by atoms with Crippen LogP contribution in [-0.4, -0.2) is 45.3 Å². The van der Waals surface area contributed by atoms with Crippen molar-refractivity contribution in [2.45, 2.75) is 90.8 Å². The molecule has 8 heteroatoms. The number of rotatable bonds is 10. The van der Waals surface area contributed by atoms with Crippen LogP contribution < -0.4 is 10.6 Å². The molecule has 2 amide bonds. The van der Waals surface area contributed by atoms with E-state index in [1.807, 2.05) is 51.1 Å². The van der Waals surface area contributed by atoms with E-state index in [-0.39, 0.29) is 17.7 Å². The zero-order chi connectivity index (χ0) is 24.4. The van der Waals surface area contributed by atoms with Gasteiger partial charge < -0.3 is 24.5 Å². The van der Waals surface area contributed by atoms with Crippen molar-refractivity contribution in [3.63, 3.8) is 0 Å². The Morgan fingerprint density at radius 1 is 1.00 bits per heavy atom. The Morgan fingerprint density at radius 3 is 2.19 bits per heavy atom. The molecule has 0 saturated heterocycles. The highest BCUT2D eigenvalue weighted by atomic mass is 28.4. The quantitative estimate of drug-likeness (QED) is 0.346. The lowest BCUT2D eigenvalue weighted by Gasteiger charge is -2.37. The molecular weight excluding hydrogens is 424 g/mol. The second kappa shape index (κ2) is 12.3. The topological polar surface area (TPSA) is 85.9 Å². The largest absolute Gasteiger partial charge is 0.445 e. The second-order valence-electron chi connectivity index (χ2n) is 10.5. The van der Waals surface area contributed by atoms with Crippen LogP contribution in [0.1, 0.15) is 59.9 Å². The van der Waals surface area contributed by atoms with Crippen molar-refractivity contribution in [2.75, 3.05) is 13.2 Å². The van der Waals surface area contributed by atoms with Gasteiger partial charge in [0.2, 0.25) is 0 Å². The number of carbonyl (C=O) groups excluding carboxylic acids is 2. The van der Waals surface area contributed by atoms with Crippen LogP contribution in [0.4, 0.5) is 9.59 Å². The molecule has 32 heavy (non-hydrogen) atoms. The Balaban J connectivity index is 2.51. The summed E-state index contributed by atoms with van der Waals surface area (Å²) in [5.41, 5.74) is 0.367. The van der Waals surface area contributed by atoms with Gasteiger partial charge in [0.1, 0.15) is 12.2 Å². The van der Waals surface area contributed by atoms with E-state index in [0.717, 1.165) is 5.56 Å². The molecule has 0 heterocycles. The first-order valence-corrected chi connectivity index (χ1v) is 14.2. The van der Waals surface area contributed by atoms with Gasteiger partial charge in [-0.2, -0.15) is 0 Å². The van der Waals surface area contributed by atoms with Gasteiger partial charge in [-0.15, -0.1) is 0 Å². The Kier molecular flexibility index (Phi) is 10.7. The first-order valence-electron chi connectivity index (χ1n) is 11.3. The minimum atomic E-state index is -1.96. The van der Waals surface area contributed by atoms with Gasteiger partial charge in [-0.1, -0.05) is 51.1 Å². The molecule has 1 aromatic rings. The number of amides is 2. The molecule has 1 unspecified atom stereocenters. The lowest BCUT2D eigenvalue weighted by Crippen LogP contribution is -2.47. The number of nitrogens with one attached hydrogen (secondary N) is 2. The SMILES string of the molecule is CC(C)(C)OC(=O)NC(CCCNC(=O)OCc1ccccc1)CO[Si](C)(C)C(C)(C)C. The van der Waals surface area contributed by atoms with E-state index >= 15 is 0 Å². The van der Waals surface area contributed by atoms with Crippen molar-refractivity contribution in [1.29, 1.82) is 0 Å². The predicted molar refractivity (Wildman–Crippen MR) is 130 cm³/mol. The van der Waals surface area contributed by atoms with Crippen molar-refractivity contribution in [1.82, 2.24) is 10.6 Å². The third-order valence-corrected chi connectivity index (χ3v) is 9.88. The molecule has 0 aliphatic rings. The third-order valence-electron chi connectivity index (χ3n) is 5.38. The smallest absolute Gasteiger partial charge is 0.407 e. The van der Waals surface area contributed by atoms with Crippen LogP contribution in [0.2, 0.25) is 18.1 Å². The van der Waals surface area contributed by atoms with E-state index in [2.05, 4.69) is 44.5 Å². The van der Waals surface area contributed by atoms with Crippen molar-refractivity contribution < 1.29 is 23.5 Å². The molecule has 0 fully saturated rings. The third kappa shape index (κ3) is 11.5. The van der Waals surface area contributed by atoms with Crippen LogP contribution in [0.3, 0.4) is 0 Å². The lowest BCUT2D eigenvalue weighted by atomic mass is 10.1. The van der Waals surface area contributed by atoms with Crippen LogP contribution >= 0.6 is 0 Å². The molecule has 0 bridgehead atoms. The fraction of sp³-hybridized carbons (Fsp3) is 0.667. The molecular formula is C24H42N2O5Si. The summed E-state index contributed by atoms with van der Waals surface area (Å²) in [5.74, 6) is 0. The summed E-state index contributed by atoms with van der Waals surface area (Å²) in [7, 11) is -1.96. The van der Waals surface area contributed by atoms with Gasteiger partial charge in [0.25, 0.3) is 0 Å². The summed E-state index contributed by atoms with van der Waals surface area (Å²) in [6, 6.07) is 9.33. The monoisotopic (exact) mass is 466 g/mol. The van der Waals surface area contributed by atoms with E-state index in [4.69, 9.17) is 13.9 Å². The minimum Gasteiger partial charge on any atom is -0.445 e. The summed E-state index contributed by atoms with van der Waals surface area (Å²) in [6.07, 6.45) is 0.397. The second-order valence-corrected chi connectivity index (χ2v) is 15.4. The van der Waals surface area contributed by atoms with Crippen molar-refractivity contribution in [3.05, 3.63) is 35.9 Å². The highest BCUT2D eigenvalue weighted by Crippen LogP contribution is 2.36. The fourth-order valence-corrected chi connectivity index (χ4v) is 3.56. The lowest BCUT2D eigenvalue weighted by molar-refractivity contribution is 0.0480. The standard InChI is InChI=1S/C24H42N2O5Si/c1-23(2,3)31-22(28)26-20(18-30-32(7,8)24(4,5)6)15-12-16-25-21(27)29-17-19-13-10-9-11-14-19/h9-11,13-14,20H,12,15-18H2,1-8H3,(H,25,27)(H,26,28). The fourth-order valence-electron chi connectivity index (χ4n) is 2.51. The van der Waals surface area contributed by atoms with Gasteiger partial charge in [0, 0.05) is 6.54 Å². The summed E-state index contributed by atoms with van der Waals surface area (Å²) < 4.78 is 16.9. The van der Waals surface area contributed by atoms with Crippen LogP contribution in [0, 0.1) is 0 Å². The molecule has 0 spiro atoms. The predicted octanol–water partition coefficient (Wildman–Crippen LogP) is 5.61. The number of hydrogen-bond acceptors (Lipinski definition) is 5. The maximum absolute atomic E-state index is 12.3. The van der Waals surface area contributed by atoms with Gasteiger partial charge in [-0.05, 0) is 57.3 Å². The molecule has 0 aliphatic carbocycles. The first-order chi connectivity index (χ1) is 14.7. The van der Waals surface area contributed by atoms with Crippen LogP contribution in [0.5, 0.6) is 0 Å². The molecule has 1 aromatic carbocycles. The molecule has 2 N–H and O–H groups in total. The van der Waals surface area contributed by atoms with Crippen molar-refractivity contribution in [2.24, 2.45) is 0 Å². The van der Waals surface area contributed by atoms with E-state index in [1.165, 1.54) is 0 Å². The molecule has 0 radical (unpaired) electrons. The summed E-state index contributed by atoms with van der Waals surface area (Å²) >= 11 is 0. The average Bonchev–Trinajstić information content (AvgIpc) is 2.66. The normalized spacial score (nSPS) is 13.2. The van der Waals surface area contributed by atoms with Gasteiger partial charge in [-0.3, -0.25) is 0 Å². The maximum atomic E-state index is 12.3. The highest BCUT2D eigenvalue weighted by molar-refractivity contribution is 6.74. The number of ether oxygens (including phenoxy) is 2. The minimum absolute atomic E-state index is 0.0769. The van der Waals surface area contributed by atoms with E-state index in [9.17, 15) is 9.59 Å². The van der Waals surface area contributed by atoms with Gasteiger partial charge >= 0.3 is 12.2 Å². The molecule has 182 valence electrons. The molecule has 1 atom stereocenters. The Labute approximate surface area is 194 Å². The summed E-state index contributed by atoms with van der Waals surface area (Å²) in [5, 5.41) is 5.76. The zero-order valence-corrected chi connectivity index (χ0v) is 22.0. The Hall–Kier alpha value is -2.06. The molecule has 0 aliphatic heterocycles. The molecule has 0 aromatic heterocycles. The zero-order valence-electron chi connectivity index (χ0n) is 21.0. The number of benzene rings is 1. The average molecular weight is 467 g/mol. The Bertz CT molecular complexity index is 711. The Morgan fingerprint density at radius 2 is 1.62 bits per heavy atom. The molecule has 0 saturated carbocycles. The number of carbonyl (C=O) groups is 2. The van der Waals surface area contributed by atoms with Crippen LogP contribution in [0.25, 0.3) is 0 Å². The van der Waals surface area contributed by atoms with Gasteiger partial charge in [-0.25, -0.2) is 9.59 Å². The van der Waals surface area contributed by atoms with Crippen LogP contribution in [-0.2, 0) is 20.5 Å². The van der Waals surface area contributed by atoms with E-state index in [0.29, 0.717) is 26.0 Å². The van der Waals surface area contributed by atoms with Gasteiger partial charge in [0.15, 0.2) is 8.32 Å². The van der Waals surface area contributed by atoms with Gasteiger partial charge in [0.05, 0.1) is 12.6 Å². The van der Waals surface area contributed by atoms with Crippen LogP contribution in [0.15, 0.2) is 30.3 Å². The first kappa shape index (κ1) is 28.0. The summed E-state index contributed by atoms with van der Waals surface area (Å²) in [6.45, 7) is 17.5. The van der Waals surface area contributed by atoms with Crippen molar-refractivity contribution in [3.8, 4) is 0 Å². The summed E-state index contributed by atoms with van der Waals surface area (Å²) in [4.78, 5) is 24.2. The molecule has 7 nitrogen and oxygen atoms in total.